The van der Waals surface area contributed by atoms with Gasteiger partial charge in [-0.3, -0.25) is 0 Å². The number of carbonyl (C=O) groups excluding carboxylic acids is 2. The van der Waals surface area contributed by atoms with E-state index >= 15 is 0 Å². The fourth-order valence-electron chi connectivity index (χ4n) is 3.59. The first-order valence-electron chi connectivity index (χ1n) is 10.8. The summed E-state index contributed by atoms with van der Waals surface area (Å²) < 4.78 is 16.4. The first-order chi connectivity index (χ1) is 16.5. The molecule has 0 fully saturated rings. The molecular formula is C26H25ClN2O5. The van der Waals surface area contributed by atoms with Crippen molar-refractivity contribution in [3.63, 3.8) is 0 Å². The zero-order chi connectivity index (χ0) is 23.9. The smallest absolute Gasteiger partial charge is 0.337 e. The Morgan fingerprint density at radius 3 is 2.44 bits per heavy atom. The quantitative estimate of drug-likeness (QED) is 0.486. The van der Waals surface area contributed by atoms with Gasteiger partial charge in [0.2, 0.25) is 0 Å². The Morgan fingerprint density at radius 1 is 1.00 bits per heavy atom. The summed E-state index contributed by atoms with van der Waals surface area (Å²) in [6.07, 6.45) is 0. The second-order valence-electron chi connectivity index (χ2n) is 7.83. The predicted octanol–water partition coefficient (Wildman–Crippen LogP) is 5.27. The second kappa shape index (κ2) is 11.0. The van der Waals surface area contributed by atoms with Gasteiger partial charge in [0.25, 0.3) is 0 Å². The maximum atomic E-state index is 12.9. The van der Waals surface area contributed by atoms with E-state index in [0.29, 0.717) is 49.2 Å². The number of nitrogens with zero attached hydrogens (tertiary/aromatic N) is 1. The van der Waals surface area contributed by atoms with Crippen LogP contribution in [0.1, 0.15) is 27.0 Å². The minimum absolute atomic E-state index is 0.244. The summed E-state index contributed by atoms with van der Waals surface area (Å²) in [4.78, 5) is 26.2. The number of methoxy groups -OCH3 is 1. The molecule has 34 heavy (non-hydrogen) atoms. The highest BCUT2D eigenvalue weighted by Crippen LogP contribution is 2.25. The Bertz CT molecular complexity index is 1150. The first kappa shape index (κ1) is 23.6. The number of rotatable bonds is 6. The summed E-state index contributed by atoms with van der Waals surface area (Å²) in [6, 6.07) is 19.8. The van der Waals surface area contributed by atoms with Crippen LogP contribution in [0.25, 0.3) is 0 Å². The molecule has 1 heterocycles. The topological polar surface area (TPSA) is 77.1 Å². The third-order valence-electron chi connectivity index (χ3n) is 5.40. The van der Waals surface area contributed by atoms with Gasteiger partial charge in [-0.2, -0.15) is 0 Å². The zero-order valence-corrected chi connectivity index (χ0v) is 19.5. The van der Waals surface area contributed by atoms with Crippen molar-refractivity contribution in [2.24, 2.45) is 0 Å². The van der Waals surface area contributed by atoms with Crippen molar-refractivity contribution in [1.82, 2.24) is 4.90 Å². The van der Waals surface area contributed by atoms with Gasteiger partial charge in [-0.25, -0.2) is 9.59 Å². The number of halogens is 1. The molecule has 0 saturated carbocycles. The number of anilines is 1. The average Bonchev–Trinajstić information content (AvgIpc) is 3.07. The van der Waals surface area contributed by atoms with Gasteiger partial charge in [-0.1, -0.05) is 29.8 Å². The van der Waals surface area contributed by atoms with Gasteiger partial charge >= 0.3 is 12.0 Å². The van der Waals surface area contributed by atoms with Gasteiger partial charge in [-0.05, 0) is 59.7 Å². The fourth-order valence-corrected chi connectivity index (χ4v) is 3.71. The summed E-state index contributed by atoms with van der Waals surface area (Å²) in [7, 11) is 1.33. The Balaban J connectivity index is 1.36. The lowest BCUT2D eigenvalue weighted by molar-refractivity contribution is 0.0600. The van der Waals surface area contributed by atoms with Crippen LogP contribution in [0.4, 0.5) is 10.5 Å². The van der Waals surface area contributed by atoms with Crippen molar-refractivity contribution >= 4 is 29.3 Å². The first-order valence-corrected chi connectivity index (χ1v) is 11.2. The number of carbonyl (C=O) groups is 2. The molecule has 0 unspecified atom stereocenters. The van der Waals surface area contributed by atoms with E-state index in [9.17, 15) is 9.59 Å². The largest absolute Gasteiger partial charge is 0.491 e. The molecule has 1 N–H and O–H groups in total. The van der Waals surface area contributed by atoms with Crippen molar-refractivity contribution in [2.45, 2.75) is 19.8 Å². The molecule has 8 heteroatoms. The highest BCUT2D eigenvalue weighted by atomic mass is 35.5. The molecule has 1 aliphatic heterocycles. The van der Waals surface area contributed by atoms with Gasteiger partial charge in [-0.15, -0.1) is 0 Å². The standard InChI is InChI=1S/C26H25ClN2O5/c1-32-25(30)20-5-9-23(10-6-20)28-26(31)29-12-13-34-24-11-4-19(14-21(24)15-29)17-33-16-18-2-7-22(27)8-3-18/h2-11,14H,12-13,15-17H2,1H3,(H,28,31). The number of hydrogen-bond donors (Lipinski definition) is 1. The Hall–Kier alpha value is -3.55. The molecular weight excluding hydrogens is 456 g/mol. The maximum absolute atomic E-state index is 12.9. The molecule has 0 bridgehead atoms. The van der Waals surface area contributed by atoms with E-state index in [-0.39, 0.29) is 6.03 Å². The summed E-state index contributed by atoms with van der Waals surface area (Å²) in [5, 5.41) is 3.57. The molecule has 4 rings (SSSR count). The van der Waals surface area contributed by atoms with Crippen LogP contribution >= 0.6 is 11.6 Å². The molecule has 3 aromatic carbocycles. The molecule has 0 radical (unpaired) electrons. The number of amides is 2. The maximum Gasteiger partial charge on any atom is 0.337 e. The van der Waals surface area contributed by atoms with Gasteiger partial charge in [0.15, 0.2) is 0 Å². The summed E-state index contributed by atoms with van der Waals surface area (Å²) in [5.74, 6) is 0.339. The lowest BCUT2D eigenvalue weighted by Crippen LogP contribution is -2.36. The molecule has 1 aliphatic rings. The Labute approximate surface area is 203 Å². The van der Waals surface area contributed by atoms with E-state index in [1.807, 2.05) is 42.5 Å². The van der Waals surface area contributed by atoms with E-state index in [1.165, 1.54) is 7.11 Å². The Kier molecular flexibility index (Phi) is 7.67. The van der Waals surface area contributed by atoms with Crippen LogP contribution in [-0.2, 0) is 29.2 Å². The van der Waals surface area contributed by atoms with E-state index in [1.54, 1.807) is 29.2 Å². The van der Waals surface area contributed by atoms with E-state index < -0.39 is 5.97 Å². The number of hydrogen-bond acceptors (Lipinski definition) is 5. The van der Waals surface area contributed by atoms with Gasteiger partial charge < -0.3 is 24.4 Å². The van der Waals surface area contributed by atoms with Crippen LogP contribution in [0.5, 0.6) is 5.75 Å². The van der Waals surface area contributed by atoms with Crippen molar-refractivity contribution in [3.05, 3.63) is 94.0 Å². The molecule has 176 valence electrons. The molecule has 0 atom stereocenters. The van der Waals surface area contributed by atoms with E-state index in [2.05, 4.69) is 5.32 Å². The van der Waals surface area contributed by atoms with Crippen LogP contribution in [0, 0.1) is 0 Å². The van der Waals surface area contributed by atoms with Crippen molar-refractivity contribution in [2.75, 3.05) is 25.6 Å². The van der Waals surface area contributed by atoms with E-state index in [4.69, 9.17) is 25.8 Å². The summed E-state index contributed by atoms with van der Waals surface area (Å²) in [5.41, 5.74) is 3.97. The average molecular weight is 481 g/mol. The van der Waals surface area contributed by atoms with Crippen LogP contribution < -0.4 is 10.1 Å². The van der Waals surface area contributed by atoms with Crippen LogP contribution in [0.2, 0.25) is 5.02 Å². The zero-order valence-electron chi connectivity index (χ0n) is 18.8. The van der Waals surface area contributed by atoms with Crippen LogP contribution in [0.3, 0.4) is 0 Å². The number of benzene rings is 3. The summed E-state index contributed by atoms with van der Waals surface area (Å²) >= 11 is 5.92. The van der Waals surface area contributed by atoms with Gasteiger partial charge in [0.05, 0.1) is 39.0 Å². The normalized spacial score (nSPS) is 12.8. The molecule has 0 aromatic heterocycles. The molecule has 0 aliphatic carbocycles. The third kappa shape index (κ3) is 6.07. The number of ether oxygens (including phenoxy) is 3. The Morgan fingerprint density at radius 2 is 1.71 bits per heavy atom. The van der Waals surface area contributed by atoms with Crippen molar-refractivity contribution in [1.29, 1.82) is 0 Å². The fraction of sp³-hybridized carbons (Fsp3) is 0.231. The lowest BCUT2D eigenvalue weighted by Gasteiger charge is -2.20. The second-order valence-corrected chi connectivity index (χ2v) is 8.27. The molecule has 2 amide bonds. The number of nitrogens with one attached hydrogen (secondary N) is 1. The number of urea groups is 1. The minimum atomic E-state index is -0.424. The molecule has 7 nitrogen and oxygen atoms in total. The van der Waals surface area contributed by atoms with Crippen molar-refractivity contribution < 1.29 is 23.8 Å². The molecule has 0 saturated heterocycles. The highest BCUT2D eigenvalue weighted by molar-refractivity contribution is 6.30. The van der Waals surface area contributed by atoms with Gasteiger partial charge in [0, 0.05) is 16.3 Å². The van der Waals surface area contributed by atoms with Crippen molar-refractivity contribution in [3.8, 4) is 5.75 Å². The number of esters is 1. The van der Waals surface area contributed by atoms with Crippen LogP contribution in [0.15, 0.2) is 66.7 Å². The van der Waals surface area contributed by atoms with Crippen LogP contribution in [-0.4, -0.2) is 37.2 Å². The minimum Gasteiger partial charge on any atom is -0.491 e. The SMILES string of the molecule is COC(=O)c1ccc(NC(=O)N2CCOc3ccc(COCc4ccc(Cl)cc4)cc3C2)cc1. The predicted molar refractivity (Wildman–Crippen MR) is 129 cm³/mol. The highest BCUT2D eigenvalue weighted by Gasteiger charge is 2.20. The third-order valence-corrected chi connectivity index (χ3v) is 5.65. The lowest BCUT2D eigenvalue weighted by atomic mass is 10.1. The van der Waals surface area contributed by atoms with E-state index in [0.717, 1.165) is 22.4 Å². The number of fused-ring (bicyclic) bond motifs is 1. The molecule has 3 aromatic rings. The van der Waals surface area contributed by atoms with Gasteiger partial charge in [0.1, 0.15) is 12.4 Å². The monoisotopic (exact) mass is 480 g/mol. The molecule has 0 spiro atoms. The summed E-state index contributed by atoms with van der Waals surface area (Å²) in [6.45, 7) is 2.17.